The Hall–Kier alpha value is -2.08. The first-order chi connectivity index (χ1) is 9.97. The summed E-state index contributed by atoms with van der Waals surface area (Å²) in [6.07, 6.45) is 1.25. The molecule has 3 N–H and O–H groups in total. The number of benzene rings is 1. The van der Waals surface area contributed by atoms with E-state index < -0.39 is 5.97 Å². The summed E-state index contributed by atoms with van der Waals surface area (Å²) < 4.78 is 0. The topological polar surface area (TPSA) is 89.9 Å². The molecule has 1 aromatic carbocycles. The molecule has 6 nitrogen and oxygen atoms in total. The van der Waals surface area contributed by atoms with Gasteiger partial charge in [0.25, 0.3) is 0 Å². The first kappa shape index (κ1) is 15.3. The van der Waals surface area contributed by atoms with Crippen molar-refractivity contribution in [1.82, 2.24) is 4.90 Å². The minimum Gasteiger partial charge on any atom is -0.478 e. The predicted molar refractivity (Wildman–Crippen MR) is 78.4 cm³/mol. The van der Waals surface area contributed by atoms with Crippen LogP contribution in [-0.4, -0.2) is 46.3 Å². The second kappa shape index (κ2) is 6.58. The number of likely N-dealkylation sites (tertiary alicyclic amines) is 1. The molecule has 1 unspecified atom stereocenters. The number of aliphatic hydroxyl groups is 1. The van der Waals surface area contributed by atoms with Crippen LogP contribution >= 0.6 is 0 Å². The van der Waals surface area contributed by atoms with E-state index in [4.69, 9.17) is 5.11 Å². The van der Waals surface area contributed by atoms with Crippen LogP contribution < -0.4 is 5.32 Å². The zero-order valence-electron chi connectivity index (χ0n) is 12.0. The van der Waals surface area contributed by atoms with Crippen molar-refractivity contribution >= 4 is 17.7 Å². The number of nitrogens with zero attached hydrogens (tertiary/aromatic N) is 1. The summed E-state index contributed by atoms with van der Waals surface area (Å²) in [5.74, 6) is -0.739. The first-order valence-electron chi connectivity index (χ1n) is 7.04. The second-order valence-electron chi connectivity index (χ2n) is 5.38. The zero-order valence-corrected chi connectivity index (χ0v) is 12.0. The molecular weight excluding hydrogens is 272 g/mol. The Labute approximate surface area is 123 Å². The molecule has 1 aromatic rings. The molecule has 6 heteroatoms. The Balaban J connectivity index is 1.89. The molecular formula is C15H20N2O4. The number of piperidine rings is 1. The highest BCUT2D eigenvalue weighted by Gasteiger charge is 2.25. The number of carboxylic acids is 1. The van der Waals surface area contributed by atoms with E-state index in [2.05, 4.69) is 5.32 Å². The molecule has 0 radical (unpaired) electrons. The third-order valence-corrected chi connectivity index (χ3v) is 3.89. The number of carbonyl (C=O) groups excluding carboxylic acids is 1. The van der Waals surface area contributed by atoms with Crippen LogP contribution in [0.2, 0.25) is 0 Å². The summed E-state index contributed by atoms with van der Waals surface area (Å²) in [6.45, 7) is 3.02. The lowest BCUT2D eigenvalue weighted by molar-refractivity contribution is 0.0697. The molecule has 2 amide bonds. The number of aliphatic hydroxyl groups excluding tert-OH is 1. The number of carboxylic acid groups (broad SMARTS) is 1. The molecule has 0 spiro atoms. The first-order valence-corrected chi connectivity index (χ1v) is 7.04. The molecule has 114 valence electrons. The molecule has 0 aromatic heterocycles. The van der Waals surface area contributed by atoms with Crippen molar-refractivity contribution in [2.45, 2.75) is 25.9 Å². The van der Waals surface area contributed by atoms with Crippen LogP contribution in [0.15, 0.2) is 24.3 Å². The summed E-state index contributed by atoms with van der Waals surface area (Å²) >= 11 is 0. The van der Waals surface area contributed by atoms with Crippen LogP contribution in [-0.2, 0) is 0 Å². The molecule has 21 heavy (non-hydrogen) atoms. The van der Waals surface area contributed by atoms with Gasteiger partial charge < -0.3 is 20.4 Å². The highest BCUT2D eigenvalue weighted by atomic mass is 16.4. The number of anilines is 1. The monoisotopic (exact) mass is 292 g/mol. The predicted octanol–water partition coefficient (Wildman–Crippen LogP) is 2.01. The quantitative estimate of drug-likeness (QED) is 0.795. The summed E-state index contributed by atoms with van der Waals surface area (Å²) in [6, 6.07) is 5.87. The number of urea groups is 1. The lowest BCUT2D eigenvalue weighted by atomic mass is 9.92. The van der Waals surface area contributed by atoms with E-state index >= 15 is 0 Å². The smallest absolute Gasteiger partial charge is 0.335 e. The Morgan fingerprint density at radius 1 is 1.24 bits per heavy atom. The average Bonchev–Trinajstić information content (AvgIpc) is 2.47. The SMILES string of the molecule is CC(O)C1CCN(C(=O)Nc2ccc(C(=O)O)cc2)CC1. The molecule has 0 saturated carbocycles. The van der Waals surface area contributed by atoms with Gasteiger partial charge in [-0.05, 0) is 49.9 Å². The number of rotatable bonds is 3. The third kappa shape index (κ3) is 3.95. The molecule has 1 atom stereocenters. The van der Waals surface area contributed by atoms with Crippen LogP contribution in [0.1, 0.15) is 30.1 Å². The van der Waals surface area contributed by atoms with E-state index in [0.717, 1.165) is 12.8 Å². The maximum Gasteiger partial charge on any atom is 0.335 e. The van der Waals surface area contributed by atoms with Gasteiger partial charge in [-0.15, -0.1) is 0 Å². The Bertz CT molecular complexity index is 505. The summed E-state index contributed by atoms with van der Waals surface area (Å²) in [5.41, 5.74) is 0.758. The van der Waals surface area contributed by atoms with Crippen LogP contribution in [0, 0.1) is 5.92 Å². The van der Waals surface area contributed by atoms with E-state index in [1.165, 1.54) is 12.1 Å². The maximum absolute atomic E-state index is 12.1. The largest absolute Gasteiger partial charge is 0.478 e. The van der Waals surface area contributed by atoms with Gasteiger partial charge in [-0.2, -0.15) is 0 Å². The summed E-state index contributed by atoms with van der Waals surface area (Å²) in [5, 5.41) is 21.1. The van der Waals surface area contributed by atoms with Gasteiger partial charge in [0.2, 0.25) is 0 Å². The number of hydrogen-bond donors (Lipinski definition) is 3. The lowest BCUT2D eigenvalue weighted by Gasteiger charge is -2.33. The number of hydrogen-bond acceptors (Lipinski definition) is 3. The maximum atomic E-state index is 12.1. The van der Waals surface area contributed by atoms with E-state index in [1.807, 2.05) is 0 Å². The lowest BCUT2D eigenvalue weighted by Crippen LogP contribution is -2.42. The summed E-state index contributed by atoms with van der Waals surface area (Å²) in [7, 11) is 0. The van der Waals surface area contributed by atoms with E-state index in [-0.39, 0.29) is 23.6 Å². The van der Waals surface area contributed by atoms with Gasteiger partial charge >= 0.3 is 12.0 Å². The summed E-state index contributed by atoms with van der Waals surface area (Å²) in [4.78, 5) is 24.6. The molecule has 1 aliphatic rings. The van der Waals surface area contributed by atoms with Gasteiger partial charge in [0.05, 0.1) is 11.7 Å². The average molecular weight is 292 g/mol. The Morgan fingerprint density at radius 2 is 1.81 bits per heavy atom. The molecule has 1 heterocycles. The Morgan fingerprint density at radius 3 is 2.29 bits per heavy atom. The number of carbonyl (C=O) groups is 2. The van der Waals surface area contributed by atoms with Crippen molar-refractivity contribution in [3.63, 3.8) is 0 Å². The van der Waals surface area contributed by atoms with Crippen molar-refractivity contribution < 1.29 is 19.8 Å². The second-order valence-corrected chi connectivity index (χ2v) is 5.38. The van der Waals surface area contributed by atoms with E-state index in [9.17, 15) is 14.7 Å². The third-order valence-electron chi connectivity index (χ3n) is 3.89. The fourth-order valence-electron chi connectivity index (χ4n) is 2.48. The van der Waals surface area contributed by atoms with Crippen LogP contribution in [0.4, 0.5) is 10.5 Å². The molecule has 1 saturated heterocycles. The molecule has 1 aliphatic heterocycles. The van der Waals surface area contributed by atoms with Gasteiger partial charge in [0, 0.05) is 18.8 Å². The van der Waals surface area contributed by atoms with Crippen molar-refractivity contribution in [2.24, 2.45) is 5.92 Å². The van der Waals surface area contributed by atoms with Crippen molar-refractivity contribution in [3.8, 4) is 0 Å². The fraction of sp³-hybridized carbons (Fsp3) is 0.467. The zero-order chi connectivity index (χ0) is 15.4. The van der Waals surface area contributed by atoms with E-state index in [0.29, 0.717) is 18.8 Å². The molecule has 0 aliphatic carbocycles. The molecule has 2 rings (SSSR count). The minimum absolute atomic E-state index is 0.186. The van der Waals surface area contributed by atoms with Crippen LogP contribution in [0.3, 0.4) is 0 Å². The van der Waals surface area contributed by atoms with Gasteiger partial charge in [0.15, 0.2) is 0 Å². The van der Waals surface area contributed by atoms with Gasteiger partial charge in [-0.3, -0.25) is 0 Å². The van der Waals surface area contributed by atoms with Crippen molar-refractivity contribution in [3.05, 3.63) is 29.8 Å². The van der Waals surface area contributed by atoms with Gasteiger partial charge in [-0.1, -0.05) is 0 Å². The van der Waals surface area contributed by atoms with Crippen LogP contribution in [0.5, 0.6) is 0 Å². The highest BCUT2D eigenvalue weighted by Crippen LogP contribution is 2.21. The number of nitrogens with one attached hydrogen (secondary N) is 1. The molecule has 1 fully saturated rings. The fourth-order valence-corrected chi connectivity index (χ4v) is 2.48. The number of aromatic carboxylic acids is 1. The van der Waals surface area contributed by atoms with E-state index in [1.54, 1.807) is 24.0 Å². The molecule has 0 bridgehead atoms. The van der Waals surface area contributed by atoms with Crippen molar-refractivity contribution in [2.75, 3.05) is 18.4 Å². The highest BCUT2D eigenvalue weighted by molar-refractivity contribution is 5.91. The van der Waals surface area contributed by atoms with Gasteiger partial charge in [0.1, 0.15) is 0 Å². The van der Waals surface area contributed by atoms with Gasteiger partial charge in [-0.25, -0.2) is 9.59 Å². The Kier molecular flexibility index (Phi) is 4.80. The van der Waals surface area contributed by atoms with Crippen LogP contribution in [0.25, 0.3) is 0 Å². The minimum atomic E-state index is -0.993. The number of amides is 2. The normalized spacial score (nSPS) is 17.3. The van der Waals surface area contributed by atoms with Crippen molar-refractivity contribution in [1.29, 1.82) is 0 Å². The standard InChI is InChI=1S/C15H20N2O4/c1-10(18)11-6-8-17(9-7-11)15(21)16-13-4-2-12(3-5-13)14(19)20/h2-5,10-11,18H,6-9H2,1H3,(H,16,21)(H,19,20).